The van der Waals surface area contributed by atoms with Crippen LogP contribution in [0.15, 0.2) is 0 Å². The molecule has 4 amide bonds. The molecule has 19 heteroatoms. The summed E-state index contributed by atoms with van der Waals surface area (Å²) in [6.45, 7) is 20.8. The SMILES string of the molecule is C.C.C.CC.CC.CC.CC(=O)O.CC(=O)O.CNC(C)=O.CNC(C)=O.CNC(C)=O.CNC(C)=O.COC=O.COC=O.[2H]C.[W].[Y].[Y]. The maximum atomic E-state index is 9.70. The van der Waals surface area contributed by atoms with Crippen molar-refractivity contribution in [2.45, 2.75) is 113 Å². The normalized spacial score (nSPS) is 5.16. The third kappa shape index (κ3) is 1240. The Morgan fingerprint density at radius 1 is 0.490 bits per heavy atom. The summed E-state index contributed by atoms with van der Waals surface area (Å²) in [5.41, 5.74) is 0. The molecule has 0 aliphatic heterocycles. The van der Waals surface area contributed by atoms with Crippen LogP contribution >= 0.6 is 0 Å². The van der Waals surface area contributed by atoms with E-state index in [9.17, 15) is 19.2 Å². The zero-order valence-corrected chi connectivity index (χ0v) is 40.3. The molecule has 0 saturated carbocycles. The summed E-state index contributed by atoms with van der Waals surface area (Å²) in [5, 5.41) is 24.4. The summed E-state index contributed by atoms with van der Waals surface area (Å²) in [7, 11) is 10.3. The fraction of sp³-hybridized carbons (Fsp3) is 0.733. The van der Waals surface area contributed by atoms with E-state index in [1.54, 1.807) is 28.2 Å². The van der Waals surface area contributed by atoms with E-state index in [1.165, 1.54) is 49.3 Å². The summed E-state index contributed by atoms with van der Waals surface area (Å²) >= 11 is 0. The van der Waals surface area contributed by atoms with Gasteiger partial charge in [0, 0.05) is 158 Å². The minimum absolute atomic E-state index is 0. The summed E-state index contributed by atoms with van der Waals surface area (Å²) in [6.07, 6.45) is 0. The Hall–Kier alpha value is -1.34. The Bertz CT molecular complexity index is 506. The van der Waals surface area contributed by atoms with Gasteiger partial charge in [-0.1, -0.05) is 71.2 Å². The number of carbonyl (C=O) groups excluding carboxylic acids is 6. The van der Waals surface area contributed by atoms with E-state index in [2.05, 4.69) is 30.7 Å². The molecule has 0 aromatic heterocycles. The van der Waals surface area contributed by atoms with E-state index < -0.39 is 11.9 Å². The van der Waals surface area contributed by atoms with Crippen molar-refractivity contribution in [3.8, 4) is 0 Å². The molecule has 0 bridgehead atoms. The van der Waals surface area contributed by atoms with Crippen LogP contribution in [0.2, 0.25) is 0 Å². The van der Waals surface area contributed by atoms with Gasteiger partial charge in [-0.2, -0.15) is 0 Å². The van der Waals surface area contributed by atoms with Crippen LogP contribution < -0.4 is 21.3 Å². The Morgan fingerprint density at radius 2 is 0.531 bits per heavy atom. The molecule has 0 aromatic rings. The van der Waals surface area contributed by atoms with E-state index in [-0.39, 0.29) is 132 Å². The predicted molar refractivity (Wildman–Crippen MR) is 193 cm³/mol. The van der Waals surface area contributed by atoms with Gasteiger partial charge >= 0.3 is 0 Å². The fourth-order valence-electron chi connectivity index (χ4n) is 0. The second-order valence-electron chi connectivity index (χ2n) is 4.93. The Labute approximate surface area is 367 Å². The van der Waals surface area contributed by atoms with Gasteiger partial charge < -0.3 is 41.0 Å². The van der Waals surface area contributed by atoms with Crippen LogP contribution in [0, 0.1) is 0 Å². The number of hydrogen-bond acceptors (Lipinski definition) is 10. The van der Waals surface area contributed by atoms with Crippen LogP contribution in [0.3, 0.4) is 0 Å². The van der Waals surface area contributed by atoms with Crippen LogP contribution in [-0.2, 0) is 134 Å². The standard InChI is InChI=1S/4C3H7NO.4C2H4O2.3C2H6.4CH4.W.2Y/c4*1-3(5)4-2;2*1-4-2-3;2*1-2(3)4;3*1-2;;;;;;;/h4*1-2H3,(H,4,5);2*2H,1H3;2*1H3,(H,3,4);3*1-2H3;4*1H4;;;/i;;;;;;;;;;;1D;;;;;;. The number of carboxylic acids is 2. The monoisotopic (exact) mass is 1050 g/mol. The molecule has 0 rings (SSSR count). The number of aliphatic carboxylic acids is 2. The van der Waals surface area contributed by atoms with Gasteiger partial charge in [-0.3, -0.25) is 38.4 Å². The average Bonchev–Trinajstić information content (AvgIpc) is 3.01. The Kier molecular flexibility index (Phi) is 360. The summed E-state index contributed by atoms with van der Waals surface area (Å²) < 4.78 is 13.5. The second kappa shape index (κ2) is 160. The molecule has 0 atom stereocenters. The van der Waals surface area contributed by atoms with Crippen molar-refractivity contribution in [1.82, 2.24) is 21.3 Å². The van der Waals surface area contributed by atoms with Crippen molar-refractivity contribution >= 4 is 48.5 Å². The van der Waals surface area contributed by atoms with Crippen LogP contribution in [0.1, 0.15) is 114 Å². The first-order valence-corrected chi connectivity index (χ1v) is 12.4. The Morgan fingerprint density at radius 3 is 0.531 bits per heavy atom. The van der Waals surface area contributed by atoms with Crippen LogP contribution in [0.4, 0.5) is 0 Å². The minimum atomic E-state index is -0.833. The number of carboxylic acid groups (broad SMARTS) is 2. The number of carbonyl (C=O) groups is 8. The number of ether oxygens (including phenoxy) is 2. The van der Waals surface area contributed by atoms with Gasteiger partial charge in [-0.15, -0.1) is 0 Å². The molecule has 0 aliphatic carbocycles. The van der Waals surface area contributed by atoms with Crippen molar-refractivity contribution in [1.29, 1.82) is 0 Å². The average molecular weight is 1050 g/mol. The molecule has 0 saturated heterocycles. The third-order valence-corrected chi connectivity index (χ3v) is 1.60. The molecular formula is C30H78N4O12WY2. The third-order valence-electron chi connectivity index (χ3n) is 1.60. The maximum Gasteiger partial charge on any atom is 0.300 e. The molecule has 302 valence electrons. The van der Waals surface area contributed by atoms with E-state index >= 15 is 0 Å². The number of methoxy groups -OCH3 is 2. The first-order chi connectivity index (χ1) is 20.4. The van der Waals surface area contributed by atoms with Crippen LogP contribution in [0.25, 0.3) is 0 Å². The van der Waals surface area contributed by atoms with E-state index in [4.69, 9.17) is 30.8 Å². The number of nitrogens with one attached hydrogen (secondary N) is 4. The second-order valence-corrected chi connectivity index (χ2v) is 4.93. The largest absolute Gasteiger partial charge is 0.481 e. The van der Waals surface area contributed by atoms with Gasteiger partial charge in [-0.25, -0.2) is 0 Å². The molecule has 2 radical (unpaired) electrons. The summed E-state index contributed by atoms with van der Waals surface area (Å²) in [6, 6.07) is 0. The quantitative estimate of drug-likeness (QED) is 0.211. The van der Waals surface area contributed by atoms with Crippen molar-refractivity contribution < 1.29 is 146 Å². The van der Waals surface area contributed by atoms with E-state index in [0.29, 0.717) is 12.9 Å². The van der Waals surface area contributed by atoms with E-state index in [0.717, 1.165) is 13.8 Å². The number of amides is 4. The molecule has 6 N–H and O–H groups in total. The number of rotatable bonds is 2. The summed E-state index contributed by atoms with van der Waals surface area (Å²) in [5.74, 6) is -1.65. The van der Waals surface area contributed by atoms with Crippen molar-refractivity contribution in [2.24, 2.45) is 0 Å². The molecule has 0 fully saturated rings. The first kappa shape index (κ1) is 110. The van der Waals surface area contributed by atoms with Crippen molar-refractivity contribution in [3.63, 3.8) is 0 Å². The van der Waals surface area contributed by atoms with Gasteiger partial charge in [0.1, 0.15) is 0 Å². The topological polar surface area (TPSA) is 244 Å². The minimum Gasteiger partial charge on any atom is -0.481 e. The molecule has 16 nitrogen and oxygen atoms in total. The molecule has 0 spiro atoms. The molecular weight excluding hydrogens is 970 g/mol. The molecule has 49 heavy (non-hydrogen) atoms. The van der Waals surface area contributed by atoms with Gasteiger partial charge in [0.25, 0.3) is 24.9 Å². The number of hydrogen-bond donors (Lipinski definition) is 6. The molecule has 0 aliphatic rings. The zero-order chi connectivity index (χ0) is 39.1. The van der Waals surface area contributed by atoms with Crippen molar-refractivity contribution in [3.05, 3.63) is 0 Å². The van der Waals surface area contributed by atoms with Gasteiger partial charge in [-0.05, 0) is 0 Å². The smallest absolute Gasteiger partial charge is 0.300 e. The summed E-state index contributed by atoms with van der Waals surface area (Å²) in [4.78, 5) is 74.7. The molecule has 0 aromatic carbocycles. The molecule has 0 heterocycles. The van der Waals surface area contributed by atoms with Crippen LogP contribution in [-0.4, -0.2) is 101 Å². The predicted octanol–water partition coefficient (Wildman–Crippen LogP) is 4.38. The fourth-order valence-corrected chi connectivity index (χ4v) is 0. The maximum absolute atomic E-state index is 9.70. The van der Waals surface area contributed by atoms with E-state index in [1.807, 2.05) is 41.5 Å². The van der Waals surface area contributed by atoms with Gasteiger partial charge in [0.05, 0.1) is 14.2 Å². The van der Waals surface area contributed by atoms with Crippen molar-refractivity contribution in [2.75, 3.05) is 42.4 Å². The van der Waals surface area contributed by atoms with Gasteiger partial charge in [0.2, 0.25) is 23.6 Å². The first-order valence-electron chi connectivity index (χ1n) is 13.4. The van der Waals surface area contributed by atoms with Crippen LogP contribution in [0.5, 0.6) is 0 Å². The van der Waals surface area contributed by atoms with Gasteiger partial charge in [0.15, 0.2) is 0 Å². The molecule has 0 unspecified atom stereocenters. The Balaban J connectivity index is -0.0000000140. The zero-order valence-electron chi connectivity index (χ0n) is 32.7.